The van der Waals surface area contributed by atoms with Gasteiger partial charge in [0.05, 0.1) is 0 Å². The number of alkyl halides is 3. The van der Waals surface area contributed by atoms with Crippen LogP contribution in [0.2, 0.25) is 0 Å². The van der Waals surface area contributed by atoms with Gasteiger partial charge in [-0.05, 0) is 32.0 Å². The minimum absolute atomic E-state index is 0. The average molecular weight is 313 g/mol. The van der Waals surface area contributed by atoms with E-state index in [9.17, 15) is 18.0 Å². The maximum Gasteiger partial charge on any atom is 0.573 e. The Morgan fingerprint density at radius 2 is 1.95 bits per heavy atom. The third-order valence-electron chi connectivity index (χ3n) is 2.29. The summed E-state index contributed by atoms with van der Waals surface area (Å²) in [5.41, 5.74) is 4.89. The molecule has 0 aliphatic heterocycles. The van der Waals surface area contributed by atoms with E-state index in [4.69, 9.17) is 5.73 Å². The normalized spacial score (nSPS) is 11.5. The number of nitrogens with one attached hydrogen (secondary N) is 1. The van der Waals surface area contributed by atoms with E-state index in [1.165, 1.54) is 12.1 Å². The van der Waals surface area contributed by atoms with Gasteiger partial charge in [0.25, 0.3) is 5.91 Å². The zero-order chi connectivity index (χ0) is 14.7. The van der Waals surface area contributed by atoms with Crippen LogP contribution in [-0.2, 0) is 0 Å². The first-order valence-electron chi connectivity index (χ1n) is 5.51. The van der Waals surface area contributed by atoms with Crippen molar-refractivity contribution < 1.29 is 22.7 Å². The van der Waals surface area contributed by atoms with Gasteiger partial charge < -0.3 is 15.8 Å². The molecule has 0 bridgehead atoms. The molecule has 0 fully saturated rings. The molecule has 0 aromatic heterocycles. The number of hydrogen-bond acceptors (Lipinski definition) is 3. The Morgan fingerprint density at radius 1 is 1.35 bits per heavy atom. The Balaban J connectivity index is 0.00000361. The number of ether oxygens (including phenoxy) is 1. The van der Waals surface area contributed by atoms with Crippen molar-refractivity contribution in [1.82, 2.24) is 5.32 Å². The number of hydrogen-bond donors (Lipinski definition) is 2. The number of halogens is 4. The summed E-state index contributed by atoms with van der Waals surface area (Å²) in [6.45, 7) is 3.62. The van der Waals surface area contributed by atoms with Gasteiger partial charge in [0.1, 0.15) is 5.75 Å². The third kappa shape index (κ3) is 6.12. The second-order valence-electron chi connectivity index (χ2n) is 4.62. The van der Waals surface area contributed by atoms with Crippen LogP contribution in [0.1, 0.15) is 24.2 Å². The standard InChI is InChI=1S/C12H15F3N2O2.ClH/c1-11(2,7-16)17-10(18)8-4-3-5-9(6-8)19-12(13,14)15;/h3-6H,7,16H2,1-2H3,(H,17,18);1H. The van der Waals surface area contributed by atoms with E-state index in [1.54, 1.807) is 13.8 Å². The fraction of sp³-hybridized carbons (Fsp3) is 0.417. The lowest BCUT2D eigenvalue weighted by Gasteiger charge is -2.24. The molecule has 0 unspecified atom stereocenters. The van der Waals surface area contributed by atoms with E-state index in [0.717, 1.165) is 12.1 Å². The Bertz CT molecular complexity index is 464. The zero-order valence-corrected chi connectivity index (χ0v) is 11.8. The minimum atomic E-state index is -4.79. The van der Waals surface area contributed by atoms with Gasteiger partial charge in [-0.2, -0.15) is 0 Å². The fourth-order valence-corrected chi connectivity index (χ4v) is 1.26. The Kier molecular flexibility index (Phi) is 6.31. The molecule has 4 nitrogen and oxygen atoms in total. The molecule has 0 aliphatic carbocycles. The summed E-state index contributed by atoms with van der Waals surface area (Å²) in [5, 5.41) is 2.61. The summed E-state index contributed by atoms with van der Waals surface area (Å²) in [4.78, 5) is 11.8. The zero-order valence-electron chi connectivity index (χ0n) is 11.0. The number of rotatable bonds is 4. The lowest BCUT2D eigenvalue weighted by atomic mass is 10.1. The number of amides is 1. The number of nitrogens with two attached hydrogens (primary N) is 1. The van der Waals surface area contributed by atoms with Crippen LogP contribution < -0.4 is 15.8 Å². The summed E-state index contributed by atoms with van der Waals surface area (Å²) >= 11 is 0. The van der Waals surface area contributed by atoms with Crippen molar-refractivity contribution in [2.75, 3.05) is 6.54 Å². The molecule has 0 spiro atoms. The Morgan fingerprint density at radius 3 is 2.45 bits per heavy atom. The van der Waals surface area contributed by atoms with Gasteiger partial charge in [-0.15, -0.1) is 25.6 Å². The molecule has 8 heteroatoms. The molecule has 20 heavy (non-hydrogen) atoms. The highest BCUT2D eigenvalue weighted by molar-refractivity contribution is 5.95. The molecule has 0 heterocycles. The Labute approximate surface area is 120 Å². The monoisotopic (exact) mass is 312 g/mol. The molecule has 0 radical (unpaired) electrons. The molecule has 1 amide bonds. The van der Waals surface area contributed by atoms with Gasteiger partial charge in [0.15, 0.2) is 0 Å². The van der Waals surface area contributed by atoms with Gasteiger partial charge >= 0.3 is 6.36 Å². The summed E-state index contributed by atoms with van der Waals surface area (Å²) < 4.78 is 39.9. The second-order valence-corrected chi connectivity index (χ2v) is 4.62. The summed E-state index contributed by atoms with van der Waals surface area (Å²) in [6, 6.07) is 4.85. The van der Waals surface area contributed by atoms with Crippen molar-refractivity contribution in [2.45, 2.75) is 25.7 Å². The molecular weight excluding hydrogens is 297 g/mol. The van der Waals surface area contributed by atoms with Gasteiger partial charge in [-0.3, -0.25) is 4.79 Å². The van der Waals surface area contributed by atoms with Crippen molar-refractivity contribution in [3.63, 3.8) is 0 Å². The van der Waals surface area contributed by atoms with Gasteiger partial charge in [0, 0.05) is 17.6 Å². The van der Waals surface area contributed by atoms with Gasteiger partial charge in [-0.1, -0.05) is 6.07 Å². The van der Waals surface area contributed by atoms with Crippen molar-refractivity contribution >= 4 is 18.3 Å². The fourth-order valence-electron chi connectivity index (χ4n) is 1.26. The van der Waals surface area contributed by atoms with E-state index in [1.807, 2.05) is 0 Å². The molecular formula is C12H16ClF3N2O2. The number of carbonyl (C=O) groups excluding carboxylic acids is 1. The lowest BCUT2D eigenvalue weighted by Crippen LogP contribution is -2.48. The first-order valence-corrected chi connectivity index (χ1v) is 5.51. The SMILES string of the molecule is CC(C)(CN)NC(=O)c1cccc(OC(F)(F)F)c1.Cl. The van der Waals surface area contributed by atoms with Crippen LogP contribution in [0, 0.1) is 0 Å². The summed E-state index contributed by atoms with van der Waals surface area (Å²) in [6.07, 6.45) is -4.79. The molecule has 1 aromatic carbocycles. The van der Waals surface area contributed by atoms with Crippen LogP contribution in [0.4, 0.5) is 13.2 Å². The highest BCUT2D eigenvalue weighted by Gasteiger charge is 2.31. The van der Waals surface area contributed by atoms with Crippen LogP contribution in [0.25, 0.3) is 0 Å². The van der Waals surface area contributed by atoms with E-state index >= 15 is 0 Å². The number of benzene rings is 1. The van der Waals surface area contributed by atoms with E-state index in [0.29, 0.717) is 0 Å². The molecule has 0 atom stereocenters. The molecule has 114 valence electrons. The van der Waals surface area contributed by atoms with Gasteiger partial charge in [-0.25, -0.2) is 0 Å². The van der Waals surface area contributed by atoms with Crippen LogP contribution >= 0.6 is 12.4 Å². The Hall–Kier alpha value is -1.47. The topological polar surface area (TPSA) is 64.3 Å². The van der Waals surface area contributed by atoms with Gasteiger partial charge in [0.2, 0.25) is 0 Å². The maximum absolute atomic E-state index is 12.1. The molecule has 1 aromatic rings. The van der Waals surface area contributed by atoms with E-state index < -0.39 is 23.6 Å². The number of carbonyl (C=O) groups is 1. The predicted molar refractivity (Wildman–Crippen MR) is 71.0 cm³/mol. The van der Waals surface area contributed by atoms with Crippen molar-refractivity contribution in [3.8, 4) is 5.75 Å². The van der Waals surface area contributed by atoms with E-state index in [-0.39, 0.29) is 24.5 Å². The second kappa shape index (κ2) is 6.81. The summed E-state index contributed by atoms with van der Waals surface area (Å²) in [7, 11) is 0. The van der Waals surface area contributed by atoms with Crippen LogP contribution in [-0.4, -0.2) is 24.4 Å². The van der Waals surface area contributed by atoms with Crippen LogP contribution in [0.5, 0.6) is 5.75 Å². The maximum atomic E-state index is 12.1. The van der Waals surface area contributed by atoms with Crippen molar-refractivity contribution in [2.24, 2.45) is 5.73 Å². The van der Waals surface area contributed by atoms with Crippen LogP contribution in [0.3, 0.4) is 0 Å². The molecule has 0 saturated heterocycles. The van der Waals surface area contributed by atoms with Crippen molar-refractivity contribution in [3.05, 3.63) is 29.8 Å². The lowest BCUT2D eigenvalue weighted by molar-refractivity contribution is -0.274. The third-order valence-corrected chi connectivity index (χ3v) is 2.29. The highest BCUT2D eigenvalue weighted by Crippen LogP contribution is 2.23. The van der Waals surface area contributed by atoms with E-state index in [2.05, 4.69) is 10.1 Å². The first-order chi connectivity index (χ1) is 8.63. The average Bonchev–Trinajstić information content (AvgIpc) is 2.26. The van der Waals surface area contributed by atoms with Crippen LogP contribution in [0.15, 0.2) is 24.3 Å². The smallest absolute Gasteiger partial charge is 0.406 e. The largest absolute Gasteiger partial charge is 0.573 e. The molecule has 1 rings (SSSR count). The molecule has 0 saturated carbocycles. The first kappa shape index (κ1) is 18.5. The predicted octanol–water partition coefficient (Wildman–Crippen LogP) is 2.47. The highest BCUT2D eigenvalue weighted by atomic mass is 35.5. The summed E-state index contributed by atoms with van der Waals surface area (Å²) in [5.74, 6) is -0.950. The van der Waals surface area contributed by atoms with Crippen molar-refractivity contribution in [1.29, 1.82) is 0 Å². The molecule has 0 aliphatic rings. The minimum Gasteiger partial charge on any atom is -0.406 e. The quantitative estimate of drug-likeness (QED) is 0.897. The molecule has 3 N–H and O–H groups in total.